The fourth-order valence-electron chi connectivity index (χ4n) is 1.03. The lowest BCUT2D eigenvalue weighted by Crippen LogP contribution is -1.98. The zero-order valence-electron chi connectivity index (χ0n) is 8.82. The Morgan fingerprint density at radius 1 is 1.33 bits per heavy atom. The Labute approximate surface area is 103 Å². The minimum absolute atomic E-state index is 0.0883. The Balaban J connectivity index is 3.06. The molecule has 0 unspecified atom stereocenters. The van der Waals surface area contributed by atoms with Gasteiger partial charge in [-0.3, -0.25) is 4.55 Å². The molecule has 92 valence electrons. The monoisotopic (exact) mass is 265 g/mol. The molecule has 0 radical (unpaired) electrons. The maximum absolute atomic E-state index is 10.8. The summed E-state index contributed by atoms with van der Waals surface area (Å²) in [6, 6.07) is 6.27. The minimum Gasteiger partial charge on any atom is -0.506 e. The predicted octanol–water partition coefficient (Wildman–Crippen LogP) is 0.982. The molecular formula is C10H7N3O4S. The molecule has 1 rings (SSSR count). The van der Waals surface area contributed by atoms with E-state index in [0.29, 0.717) is 0 Å². The minimum atomic E-state index is -4.39. The van der Waals surface area contributed by atoms with Crippen LogP contribution in [0.4, 0.5) is 5.69 Å². The molecule has 0 fully saturated rings. The van der Waals surface area contributed by atoms with E-state index in [1.165, 1.54) is 6.07 Å². The van der Waals surface area contributed by atoms with Gasteiger partial charge in [0.2, 0.25) is 0 Å². The van der Waals surface area contributed by atoms with Crippen LogP contribution in [0.5, 0.6) is 5.75 Å². The van der Waals surface area contributed by atoms with Crippen molar-refractivity contribution in [3.8, 4) is 17.9 Å². The van der Waals surface area contributed by atoms with Gasteiger partial charge < -0.3 is 10.4 Å². The van der Waals surface area contributed by atoms with E-state index in [9.17, 15) is 13.5 Å². The largest absolute Gasteiger partial charge is 0.506 e. The number of hydrogen-bond acceptors (Lipinski definition) is 6. The Kier molecular flexibility index (Phi) is 3.89. The topological polar surface area (TPSA) is 134 Å². The number of hydrogen-bond donors (Lipinski definition) is 3. The highest BCUT2D eigenvalue weighted by atomic mass is 32.2. The molecule has 0 amide bonds. The van der Waals surface area contributed by atoms with Gasteiger partial charge in [0.15, 0.2) is 0 Å². The number of phenolic OH excluding ortho intramolecular Hbond substituents is 1. The van der Waals surface area contributed by atoms with Gasteiger partial charge in [-0.15, -0.1) is 0 Å². The number of anilines is 1. The third kappa shape index (κ3) is 3.22. The van der Waals surface area contributed by atoms with Crippen LogP contribution in [-0.2, 0) is 10.1 Å². The average Bonchev–Trinajstić information content (AvgIpc) is 2.30. The standard InChI is InChI=1S/C10H7N3O4S/c11-4-7(5-12)6-13-9-2-1-8(3-10(9)14)18(15,16)17/h1-3,6,13-14H,(H,15,16,17). The number of nitrogens with zero attached hydrogens (tertiary/aromatic N) is 2. The molecule has 0 aliphatic rings. The number of nitriles is 2. The highest BCUT2D eigenvalue weighted by Gasteiger charge is 2.11. The van der Waals surface area contributed by atoms with E-state index in [4.69, 9.17) is 15.1 Å². The van der Waals surface area contributed by atoms with Crippen LogP contribution in [-0.4, -0.2) is 18.1 Å². The molecule has 0 heterocycles. The summed E-state index contributed by atoms with van der Waals surface area (Å²) in [4.78, 5) is -0.463. The van der Waals surface area contributed by atoms with E-state index in [1.807, 2.05) is 0 Å². The van der Waals surface area contributed by atoms with Crippen molar-refractivity contribution < 1.29 is 18.1 Å². The van der Waals surface area contributed by atoms with Gasteiger partial charge in [-0.2, -0.15) is 18.9 Å². The molecule has 18 heavy (non-hydrogen) atoms. The number of aromatic hydroxyl groups is 1. The van der Waals surface area contributed by atoms with E-state index in [1.54, 1.807) is 12.1 Å². The molecule has 1 aromatic rings. The van der Waals surface area contributed by atoms with Crippen molar-refractivity contribution in [2.24, 2.45) is 0 Å². The molecule has 0 aromatic heterocycles. The predicted molar refractivity (Wildman–Crippen MR) is 60.9 cm³/mol. The van der Waals surface area contributed by atoms with Crippen LogP contribution in [0.15, 0.2) is 34.9 Å². The zero-order valence-corrected chi connectivity index (χ0v) is 9.64. The summed E-state index contributed by atoms with van der Waals surface area (Å²) < 4.78 is 30.3. The SMILES string of the molecule is N#CC(C#N)=CNc1ccc(S(=O)(=O)O)cc1O. The lowest BCUT2D eigenvalue weighted by Gasteiger charge is -2.05. The van der Waals surface area contributed by atoms with Crippen LogP contribution in [0.3, 0.4) is 0 Å². The Bertz CT molecular complexity index is 664. The molecular weight excluding hydrogens is 258 g/mol. The van der Waals surface area contributed by atoms with E-state index in [2.05, 4.69) is 5.32 Å². The van der Waals surface area contributed by atoms with Gasteiger partial charge in [-0.1, -0.05) is 0 Å². The van der Waals surface area contributed by atoms with Crippen molar-refractivity contribution in [2.75, 3.05) is 5.32 Å². The first-order valence-electron chi connectivity index (χ1n) is 4.46. The van der Waals surface area contributed by atoms with E-state index < -0.39 is 20.8 Å². The molecule has 3 N–H and O–H groups in total. The first-order valence-corrected chi connectivity index (χ1v) is 5.90. The maximum Gasteiger partial charge on any atom is 0.294 e. The molecule has 0 bridgehead atoms. The lowest BCUT2D eigenvalue weighted by atomic mass is 10.3. The van der Waals surface area contributed by atoms with Crippen molar-refractivity contribution in [3.05, 3.63) is 30.0 Å². The summed E-state index contributed by atoms with van der Waals surface area (Å²) in [5.41, 5.74) is -0.126. The first-order chi connectivity index (χ1) is 8.38. The molecule has 0 spiro atoms. The Morgan fingerprint density at radius 3 is 2.39 bits per heavy atom. The van der Waals surface area contributed by atoms with Crippen LogP contribution in [0.2, 0.25) is 0 Å². The summed E-state index contributed by atoms with van der Waals surface area (Å²) in [5.74, 6) is -0.448. The third-order valence-corrected chi connectivity index (χ3v) is 2.73. The van der Waals surface area contributed by atoms with E-state index >= 15 is 0 Å². The quantitative estimate of drug-likeness (QED) is 0.421. The van der Waals surface area contributed by atoms with Gasteiger partial charge in [-0.05, 0) is 12.1 Å². The van der Waals surface area contributed by atoms with Crippen molar-refractivity contribution >= 4 is 15.8 Å². The average molecular weight is 265 g/mol. The Morgan fingerprint density at radius 2 is 1.94 bits per heavy atom. The van der Waals surface area contributed by atoms with Crippen LogP contribution in [0, 0.1) is 22.7 Å². The maximum atomic E-state index is 10.8. The lowest BCUT2D eigenvalue weighted by molar-refractivity contribution is 0.468. The molecule has 0 saturated heterocycles. The summed E-state index contributed by atoms with van der Waals surface area (Å²) in [5, 5.41) is 28.9. The molecule has 1 aromatic carbocycles. The van der Waals surface area contributed by atoms with Crippen molar-refractivity contribution in [2.45, 2.75) is 4.90 Å². The number of rotatable bonds is 3. The van der Waals surface area contributed by atoms with Gasteiger partial charge in [-0.25, -0.2) is 0 Å². The first kappa shape index (κ1) is 13.5. The fraction of sp³-hybridized carbons (Fsp3) is 0. The normalized spacial score (nSPS) is 9.94. The number of phenols is 1. The second-order valence-electron chi connectivity index (χ2n) is 3.08. The summed E-state index contributed by atoms with van der Waals surface area (Å²) in [6.07, 6.45) is 1.06. The molecule has 0 aliphatic heterocycles. The smallest absolute Gasteiger partial charge is 0.294 e. The molecule has 0 aliphatic carbocycles. The zero-order chi connectivity index (χ0) is 13.8. The number of allylic oxidation sites excluding steroid dienone is 1. The van der Waals surface area contributed by atoms with Gasteiger partial charge in [0.1, 0.15) is 23.5 Å². The van der Waals surface area contributed by atoms with Gasteiger partial charge in [0.05, 0.1) is 10.6 Å². The number of benzene rings is 1. The van der Waals surface area contributed by atoms with Crippen LogP contribution in [0.25, 0.3) is 0 Å². The molecule has 8 heteroatoms. The van der Waals surface area contributed by atoms with E-state index in [0.717, 1.165) is 18.3 Å². The van der Waals surface area contributed by atoms with Crippen LogP contribution >= 0.6 is 0 Å². The van der Waals surface area contributed by atoms with Crippen molar-refractivity contribution in [3.63, 3.8) is 0 Å². The van der Waals surface area contributed by atoms with Crippen LogP contribution in [0.1, 0.15) is 0 Å². The highest BCUT2D eigenvalue weighted by molar-refractivity contribution is 7.85. The Hall–Kier alpha value is -2.55. The van der Waals surface area contributed by atoms with E-state index in [-0.39, 0.29) is 11.3 Å². The molecule has 7 nitrogen and oxygen atoms in total. The summed E-state index contributed by atoms with van der Waals surface area (Å²) in [7, 11) is -4.39. The van der Waals surface area contributed by atoms with Crippen molar-refractivity contribution in [1.82, 2.24) is 0 Å². The van der Waals surface area contributed by atoms with Gasteiger partial charge in [0, 0.05) is 12.3 Å². The fourth-order valence-corrected chi connectivity index (χ4v) is 1.53. The second-order valence-corrected chi connectivity index (χ2v) is 4.50. The number of nitrogens with one attached hydrogen (secondary N) is 1. The van der Waals surface area contributed by atoms with Gasteiger partial charge in [0.25, 0.3) is 10.1 Å². The summed E-state index contributed by atoms with van der Waals surface area (Å²) >= 11 is 0. The van der Waals surface area contributed by atoms with Crippen LogP contribution < -0.4 is 5.32 Å². The van der Waals surface area contributed by atoms with Gasteiger partial charge >= 0.3 is 0 Å². The highest BCUT2D eigenvalue weighted by Crippen LogP contribution is 2.26. The second kappa shape index (κ2) is 5.19. The summed E-state index contributed by atoms with van der Waals surface area (Å²) in [6.45, 7) is 0. The molecule has 0 atom stereocenters. The van der Waals surface area contributed by atoms with Crippen molar-refractivity contribution in [1.29, 1.82) is 10.5 Å². The third-order valence-electron chi connectivity index (χ3n) is 1.88. The molecule has 0 saturated carbocycles.